The Balaban J connectivity index is 1.57. The molecule has 0 saturated heterocycles. The minimum atomic E-state index is -4.61. The van der Waals surface area contributed by atoms with Crippen molar-refractivity contribution in [3.63, 3.8) is 0 Å². The SMILES string of the molecule is C[C@@H](OC(=O)c1cc(-c2ccco2)nc2ccccc12)C(=O)Nc1cc(C(F)(F)F)ccc1Cl. The first-order chi connectivity index (χ1) is 16.1. The number of halogens is 4. The van der Waals surface area contributed by atoms with Crippen molar-refractivity contribution in [2.75, 3.05) is 5.32 Å². The van der Waals surface area contributed by atoms with Gasteiger partial charge in [0.2, 0.25) is 0 Å². The number of nitrogens with zero attached hydrogens (tertiary/aromatic N) is 1. The number of benzene rings is 2. The fourth-order valence-electron chi connectivity index (χ4n) is 3.20. The Morgan fingerprint density at radius 3 is 2.56 bits per heavy atom. The van der Waals surface area contributed by atoms with E-state index < -0.39 is 29.7 Å². The van der Waals surface area contributed by atoms with E-state index in [1.165, 1.54) is 19.3 Å². The van der Waals surface area contributed by atoms with Gasteiger partial charge in [-0.15, -0.1) is 0 Å². The number of aromatic nitrogens is 1. The van der Waals surface area contributed by atoms with Crippen LogP contribution in [0.15, 0.2) is 71.3 Å². The molecule has 10 heteroatoms. The van der Waals surface area contributed by atoms with Crippen molar-refractivity contribution in [2.45, 2.75) is 19.2 Å². The molecule has 1 atom stereocenters. The van der Waals surface area contributed by atoms with Gasteiger partial charge in [0, 0.05) is 5.39 Å². The maximum atomic E-state index is 13.0. The van der Waals surface area contributed by atoms with Crippen molar-refractivity contribution in [2.24, 2.45) is 0 Å². The van der Waals surface area contributed by atoms with E-state index in [1.54, 1.807) is 36.4 Å². The number of fused-ring (bicyclic) bond motifs is 1. The summed E-state index contributed by atoms with van der Waals surface area (Å²) in [5.74, 6) is -1.23. The van der Waals surface area contributed by atoms with Crippen LogP contribution in [-0.4, -0.2) is 23.0 Å². The van der Waals surface area contributed by atoms with Crippen molar-refractivity contribution in [3.8, 4) is 11.5 Å². The zero-order chi connectivity index (χ0) is 24.5. The van der Waals surface area contributed by atoms with Crippen molar-refractivity contribution >= 4 is 40.1 Å². The molecular weight excluding hydrogens is 473 g/mol. The predicted molar refractivity (Wildman–Crippen MR) is 119 cm³/mol. The van der Waals surface area contributed by atoms with Gasteiger partial charge < -0.3 is 14.5 Å². The molecule has 2 aromatic carbocycles. The molecule has 0 aliphatic rings. The van der Waals surface area contributed by atoms with Crippen LogP contribution in [0, 0.1) is 0 Å². The summed E-state index contributed by atoms with van der Waals surface area (Å²) in [6, 6.07) is 14.2. The van der Waals surface area contributed by atoms with Crippen LogP contribution in [0.25, 0.3) is 22.4 Å². The lowest BCUT2D eigenvalue weighted by molar-refractivity contribution is -0.137. The Kier molecular flexibility index (Phi) is 6.30. The summed E-state index contributed by atoms with van der Waals surface area (Å²) < 4.78 is 49.6. The van der Waals surface area contributed by atoms with Gasteiger partial charge in [0.1, 0.15) is 5.69 Å². The van der Waals surface area contributed by atoms with Gasteiger partial charge in [0.25, 0.3) is 5.91 Å². The van der Waals surface area contributed by atoms with Gasteiger partial charge in [0.05, 0.1) is 33.6 Å². The maximum absolute atomic E-state index is 13.0. The molecule has 1 amide bonds. The number of hydrogen-bond donors (Lipinski definition) is 1. The summed E-state index contributed by atoms with van der Waals surface area (Å²) in [6.45, 7) is 1.30. The van der Waals surface area contributed by atoms with Crippen molar-refractivity contribution < 1.29 is 31.9 Å². The molecule has 34 heavy (non-hydrogen) atoms. The summed E-state index contributed by atoms with van der Waals surface area (Å²) in [4.78, 5) is 30.0. The standard InChI is InChI=1S/C24H16ClF3N2O4/c1-13(22(31)30-19-11-14(24(26,27)28)8-9-17(19)25)34-23(32)16-12-20(21-7-4-10-33-21)29-18-6-3-2-5-15(16)18/h2-13H,1H3,(H,30,31)/t13-/m1/s1. The fraction of sp³-hybridized carbons (Fsp3) is 0.125. The molecule has 174 valence electrons. The third kappa shape index (κ3) is 4.89. The Labute approximate surface area is 196 Å². The number of rotatable bonds is 5. The number of para-hydroxylation sites is 1. The van der Waals surface area contributed by atoms with Crippen LogP contribution in [0.1, 0.15) is 22.8 Å². The van der Waals surface area contributed by atoms with E-state index in [0.717, 1.165) is 12.1 Å². The van der Waals surface area contributed by atoms with Crippen LogP contribution in [0.2, 0.25) is 5.02 Å². The highest BCUT2D eigenvalue weighted by atomic mass is 35.5. The van der Waals surface area contributed by atoms with E-state index in [1.807, 2.05) is 0 Å². The molecule has 0 aliphatic heterocycles. The van der Waals surface area contributed by atoms with Crippen LogP contribution >= 0.6 is 11.6 Å². The Morgan fingerprint density at radius 1 is 1.09 bits per heavy atom. The lowest BCUT2D eigenvalue weighted by Crippen LogP contribution is -2.30. The van der Waals surface area contributed by atoms with E-state index in [0.29, 0.717) is 28.4 Å². The Morgan fingerprint density at radius 2 is 1.85 bits per heavy atom. The first-order valence-electron chi connectivity index (χ1n) is 9.96. The van der Waals surface area contributed by atoms with Gasteiger partial charge in [0.15, 0.2) is 11.9 Å². The number of carbonyl (C=O) groups is 2. The molecule has 2 heterocycles. The second-order valence-corrected chi connectivity index (χ2v) is 7.69. The first-order valence-corrected chi connectivity index (χ1v) is 10.3. The van der Waals surface area contributed by atoms with Gasteiger partial charge in [-0.3, -0.25) is 4.79 Å². The lowest BCUT2D eigenvalue weighted by atomic mass is 10.1. The summed E-state index contributed by atoms with van der Waals surface area (Å²) in [6.07, 6.45) is -4.48. The second-order valence-electron chi connectivity index (χ2n) is 7.28. The molecule has 2 aromatic heterocycles. The van der Waals surface area contributed by atoms with Crippen LogP contribution in [-0.2, 0) is 15.7 Å². The molecule has 0 fully saturated rings. The monoisotopic (exact) mass is 488 g/mol. The topological polar surface area (TPSA) is 81.4 Å². The molecule has 4 rings (SSSR count). The average Bonchev–Trinajstić information content (AvgIpc) is 3.34. The largest absolute Gasteiger partial charge is 0.463 e. The molecule has 0 unspecified atom stereocenters. The van der Waals surface area contributed by atoms with Crippen LogP contribution in [0.3, 0.4) is 0 Å². The number of furan rings is 1. The fourth-order valence-corrected chi connectivity index (χ4v) is 3.37. The number of hydrogen-bond acceptors (Lipinski definition) is 5. The van der Waals surface area contributed by atoms with Gasteiger partial charge in [-0.05, 0) is 49.4 Å². The van der Waals surface area contributed by atoms with E-state index in [4.69, 9.17) is 20.8 Å². The number of nitrogens with one attached hydrogen (secondary N) is 1. The second kappa shape index (κ2) is 9.18. The van der Waals surface area contributed by atoms with Crippen LogP contribution in [0.4, 0.5) is 18.9 Å². The molecule has 0 saturated carbocycles. The van der Waals surface area contributed by atoms with E-state index in [-0.39, 0.29) is 16.3 Å². The molecule has 4 aromatic rings. The summed E-state index contributed by atoms with van der Waals surface area (Å²) in [5.41, 5.74) is -0.183. The maximum Gasteiger partial charge on any atom is 0.416 e. The third-order valence-electron chi connectivity index (χ3n) is 4.91. The minimum absolute atomic E-state index is 0.0944. The smallest absolute Gasteiger partial charge is 0.416 e. The predicted octanol–water partition coefficient (Wildman–Crippen LogP) is 6.35. The average molecular weight is 489 g/mol. The normalized spacial score (nSPS) is 12.4. The molecule has 0 bridgehead atoms. The third-order valence-corrected chi connectivity index (χ3v) is 5.24. The van der Waals surface area contributed by atoms with Crippen LogP contribution < -0.4 is 5.32 Å². The first kappa shape index (κ1) is 23.3. The lowest BCUT2D eigenvalue weighted by Gasteiger charge is -2.16. The molecular formula is C24H16ClF3N2O4. The van der Waals surface area contributed by atoms with E-state index in [9.17, 15) is 22.8 Å². The summed E-state index contributed by atoms with van der Waals surface area (Å²) >= 11 is 5.92. The minimum Gasteiger partial charge on any atom is -0.463 e. The molecule has 6 nitrogen and oxygen atoms in total. The van der Waals surface area contributed by atoms with Crippen molar-refractivity contribution in [3.05, 3.63) is 83.1 Å². The number of carbonyl (C=O) groups excluding carboxylic acids is 2. The quantitative estimate of drug-likeness (QED) is 0.331. The highest BCUT2D eigenvalue weighted by Crippen LogP contribution is 2.34. The van der Waals surface area contributed by atoms with E-state index >= 15 is 0 Å². The molecule has 0 spiro atoms. The van der Waals surface area contributed by atoms with Gasteiger partial charge in [-0.1, -0.05) is 29.8 Å². The number of alkyl halides is 3. The highest BCUT2D eigenvalue weighted by molar-refractivity contribution is 6.33. The number of anilines is 1. The van der Waals surface area contributed by atoms with Crippen molar-refractivity contribution in [1.82, 2.24) is 4.98 Å². The Hall–Kier alpha value is -3.85. The van der Waals surface area contributed by atoms with Gasteiger partial charge in [-0.25, -0.2) is 9.78 Å². The van der Waals surface area contributed by atoms with Crippen LogP contribution in [0.5, 0.6) is 0 Å². The number of ether oxygens (including phenoxy) is 1. The molecule has 0 aliphatic carbocycles. The number of pyridine rings is 1. The number of esters is 1. The highest BCUT2D eigenvalue weighted by Gasteiger charge is 2.31. The molecule has 0 radical (unpaired) electrons. The zero-order valence-electron chi connectivity index (χ0n) is 17.5. The van der Waals surface area contributed by atoms with E-state index in [2.05, 4.69) is 10.3 Å². The van der Waals surface area contributed by atoms with Crippen molar-refractivity contribution in [1.29, 1.82) is 0 Å². The Bertz CT molecular complexity index is 1370. The van der Waals surface area contributed by atoms with Gasteiger partial charge in [-0.2, -0.15) is 13.2 Å². The summed E-state index contributed by atoms with van der Waals surface area (Å²) in [5, 5.41) is 2.68. The zero-order valence-corrected chi connectivity index (χ0v) is 18.3. The number of amides is 1. The summed E-state index contributed by atoms with van der Waals surface area (Å²) in [7, 11) is 0. The molecule has 1 N–H and O–H groups in total. The van der Waals surface area contributed by atoms with Gasteiger partial charge >= 0.3 is 12.1 Å².